The molecule has 5 rings (SSSR count). The summed E-state index contributed by atoms with van der Waals surface area (Å²) in [6, 6.07) is 10.6. The van der Waals surface area contributed by atoms with Gasteiger partial charge in [-0.05, 0) is 55.1 Å². The van der Waals surface area contributed by atoms with Crippen LogP contribution in [0.4, 0.5) is 4.39 Å². The third-order valence-corrected chi connectivity index (χ3v) is 6.54. The molecule has 152 valence electrons. The van der Waals surface area contributed by atoms with Gasteiger partial charge in [0.15, 0.2) is 17.2 Å². The molecule has 0 amide bonds. The molecule has 0 aliphatic carbocycles. The normalized spacial score (nSPS) is 23.0. The first-order chi connectivity index (χ1) is 14.0. The molecule has 5 nitrogen and oxygen atoms in total. The molecule has 0 radical (unpaired) electrons. The number of piperidine rings is 1. The van der Waals surface area contributed by atoms with Crippen LogP contribution in [-0.4, -0.2) is 42.9 Å². The van der Waals surface area contributed by atoms with Crippen molar-refractivity contribution < 1.29 is 13.9 Å². The maximum absolute atomic E-state index is 13.4. The third-order valence-electron chi connectivity index (χ3n) is 6.09. The second-order valence-electron chi connectivity index (χ2n) is 7.89. The summed E-state index contributed by atoms with van der Waals surface area (Å²) in [6.07, 6.45) is 3.94. The maximum atomic E-state index is 13.4. The molecule has 1 N–H and O–H groups in total. The van der Waals surface area contributed by atoms with Crippen molar-refractivity contribution in [2.45, 2.75) is 24.6 Å². The number of nitrogens with one attached hydrogen (secondary N) is 1. The second kappa shape index (κ2) is 7.00. The molecule has 3 heterocycles. The highest BCUT2D eigenvalue weighted by atomic mass is 79.9. The van der Waals surface area contributed by atoms with Gasteiger partial charge in [0.1, 0.15) is 5.82 Å². The fraction of sp³-hybridized carbons (Fsp3) is 0.364. The highest BCUT2D eigenvalue weighted by molar-refractivity contribution is 9.10. The van der Waals surface area contributed by atoms with Gasteiger partial charge in [0, 0.05) is 36.0 Å². The van der Waals surface area contributed by atoms with Crippen LogP contribution in [0.1, 0.15) is 30.0 Å². The minimum Gasteiger partial charge on any atom is -0.493 e. The Hall–Kier alpha value is -2.09. The van der Waals surface area contributed by atoms with Crippen molar-refractivity contribution in [2.75, 3.05) is 27.2 Å². The van der Waals surface area contributed by atoms with Crippen molar-refractivity contribution in [2.24, 2.45) is 0 Å². The van der Waals surface area contributed by atoms with Crippen molar-refractivity contribution in [3.8, 4) is 11.5 Å². The van der Waals surface area contributed by atoms with Gasteiger partial charge in [-0.1, -0.05) is 15.9 Å². The lowest BCUT2D eigenvalue weighted by Crippen LogP contribution is -2.63. The Labute approximate surface area is 178 Å². The van der Waals surface area contributed by atoms with Crippen molar-refractivity contribution in [3.63, 3.8) is 0 Å². The Kier molecular flexibility index (Phi) is 4.57. The molecule has 0 bridgehead atoms. The van der Waals surface area contributed by atoms with Gasteiger partial charge >= 0.3 is 0 Å². The van der Waals surface area contributed by atoms with E-state index >= 15 is 0 Å². The number of fused-ring (bicyclic) bond motifs is 4. The number of hydrogen-bond donors (Lipinski definition) is 1. The fourth-order valence-corrected chi connectivity index (χ4v) is 4.92. The minimum absolute atomic E-state index is 0.00592. The molecule has 2 aromatic carbocycles. The van der Waals surface area contributed by atoms with Crippen LogP contribution in [0.15, 0.2) is 46.9 Å². The van der Waals surface area contributed by atoms with Gasteiger partial charge in [-0.25, -0.2) is 4.39 Å². The summed E-state index contributed by atoms with van der Waals surface area (Å²) in [6.45, 7) is 1.90. The number of halogens is 2. The molecular weight excluding hydrogens is 437 g/mol. The van der Waals surface area contributed by atoms with E-state index < -0.39 is 5.72 Å². The molecule has 1 fully saturated rings. The summed E-state index contributed by atoms with van der Waals surface area (Å²) in [5.74, 6) is 1.30. The van der Waals surface area contributed by atoms with Crippen LogP contribution in [-0.2, 0) is 0 Å². The van der Waals surface area contributed by atoms with E-state index in [-0.39, 0.29) is 11.9 Å². The van der Waals surface area contributed by atoms with Crippen LogP contribution in [0.2, 0.25) is 0 Å². The molecule has 1 spiro atoms. The molecule has 1 saturated heterocycles. The number of hydrazine groups is 1. The first-order valence-corrected chi connectivity index (χ1v) is 10.6. The highest BCUT2D eigenvalue weighted by Gasteiger charge is 2.52. The number of ether oxygens (including phenoxy) is 2. The van der Waals surface area contributed by atoms with Gasteiger partial charge in [-0.2, -0.15) is 5.01 Å². The van der Waals surface area contributed by atoms with Crippen LogP contribution < -0.4 is 14.9 Å². The van der Waals surface area contributed by atoms with Gasteiger partial charge in [0.05, 0.1) is 18.8 Å². The van der Waals surface area contributed by atoms with Crippen LogP contribution in [0, 0.1) is 5.82 Å². The largest absolute Gasteiger partial charge is 0.493 e. The first kappa shape index (κ1) is 18.9. The molecule has 3 aliphatic rings. The smallest absolute Gasteiger partial charge is 0.183 e. The van der Waals surface area contributed by atoms with Gasteiger partial charge in [0.2, 0.25) is 0 Å². The average Bonchev–Trinajstić information content (AvgIpc) is 3.18. The Morgan fingerprint density at radius 1 is 1.21 bits per heavy atom. The molecule has 1 unspecified atom stereocenters. The van der Waals surface area contributed by atoms with Crippen molar-refractivity contribution >= 4 is 21.6 Å². The molecule has 1 atom stereocenters. The van der Waals surface area contributed by atoms with Crippen LogP contribution in [0.25, 0.3) is 5.70 Å². The van der Waals surface area contributed by atoms with Crippen LogP contribution in [0.5, 0.6) is 11.5 Å². The molecule has 7 heteroatoms. The lowest BCUT2D eigenvalue weighted by atomic mass is 9.92. The first-order valence-electron chi connectivity index (χ1n) is 9.78. The van der Waals surface area contributed by atoms with E-state index in [1.54, 1.807) is 19.2 Å². The second-order valence-corrected chi connectivity index (χ2v) is 8.81. The Morgan fingerprint density at radius 2 is 1.93 bits per heavy atom. The van der Waals surface area contributed by atoms with E-state index in [9.17, 15) is 4.39 Å². The number of methoxy groups -OCH3 is 1. The quantitative estimate of drug-likeness (QED) is 0.723. The zero-order chi connectivity index (χ0) is 20.2. The number of rotatable bonds is 2. The average molecular weight is 460 g/mol. The number of hydrogen-bond acceptors (Lipinski definition) is 5. The van der Waals surface area contributed by atoms with E-state index in [1.807, 2.05) is 6.07 Å². The van der Waals surface area contributed by atoms with E-state index in [2.05, 4.69) is 50.5 Å². The van der Waals surface area contributed by atoms with Gasteiger partial charge < -0.3 is 19.8 Å². The van der Waals surface area contributed by atoms with Crippen molar-refractivity contribution in [1.29, 1.82) is 0 Å². The predicted octanol–water partition coefficient (Wildman–Crippen LogP) is 4.31. The zero-order valence-corrected chi connectivity index (χ0v) is 18.0. The summed E-state index contributed by atoms with van der Waals surface area (Å²) >= 11 is 3.60. The molecule has 3 aliphatic heterocycles. The topological polar surface area (TPSA) is 37.0 Å². The number of likely N-dealkylation sites (tertiary alicyclic amines) is 1. The summed E-state index contributed by atoms with van der Waals surface area (Å²) < 4.78 is 26.7. The highest BCUT2D eigenvalue weighted by Crippen LogP contribution is 2.52. The Morgan fingerprint density at radius 3 is 2.62 bits per heavy atom. The fourth-order valence-electron chi connectivity index (χ4n) is 4.46. The molecule has 2 aromatic rings. The number of nitrogens with zero attached hydrogens (tertiary/aromatic N) is 2. The van der Waals surface area contributed by atoms with Gasteiger partial charge in [-0.15, -0.1) is 0 Å². The van der Waals surface area contributed by atoms with Gasteiger partial charge in [-0.3, -0.25) is 0 Å². The van der Waals surface area contributed by atoms with Crippen molar-refractivity contribution in [1.82, 2.24) is 15.3 Å². The zero-order valence-electron chi connectivity index (χ0n) is 16.4. The minimum atomic E-state index is -0.469. The van der Waals surface area contributed by atoms with Crippen molar-refractivity contribution in [3.05, 3.63) is 63.9 Å². The summed E-state index contributed by atoms with van der Waals surface area (Å²) in [5.41, 5.74) is 6.07. The summed E-state index contributed by atoms with van der Waals surface area (Å²) in [7, 11) is 3.81. The molecule has 0 saturated carbocycles. The van der Waals surface area contributed by atoms with E-state index in [1.165, 1.54) is 12.1 Å². The molecule has 29 heavy (non-hydrogen) atoms. The number of benzene rings is 2. The third kappa shape index (κ3) is 3.12. The SMILES string of the molecule is COc1cc(Br)cc2c1OC1(CCN(C)CC1)N1NC(c3ccc(F)cc3)=CC21. The molecular formula is C22H23BrFN3O2. The Balaban J connectivity index is 1.62. The summed E-state index contributed by atoms with van der Waals surface area (Å²) in [4.78, 5) is 2.32. The van der Waals surface area contributed by atoms with E-state index in [0.29, 0.717) is 0 Å². The lowest BCUT2D eigenvalue weighted by molar-refractivity contribution is -0.158. The maximum Gasteiger partial charge on any atom is 0.183 e. The standard InChI is InChI=1S/C22H23BrFN3O2/c1-26-9-7-22(8-10-26)27-19(13-18(25-27)14-3-5-16(24)6-4-14)17-11-15(23)12-20(28-2)21(17)29-22/h3-6,11-13,19,25H,7-10H2,1-2H3. The van der Waals surface area contributed by atoms with E-state index in [4.69, 9.17) is 9.47 Å². The molecule has 0 aromatic heterocycles. The summed E-state index contributed by atoms with van der Waals surface area (Å²) in [5, 5.41) is 2.23. The van der Waals surface area contributed by atoms with Crippen LogP contribution in [0.3, 0.4) is 0 Å². The lowest BCUT2D eigenvalue weighted by Gasteiger charge is -2.51. The van der Waals surface area contributed by atoms with Gasteiger partial charge in [0.25, 0.3) is 0 Å². The Bertz CT molecular complexity index is 971. The predicted molar refractivity (Wildman–Crippen MR) is 113 cm³/mol. The van der Waals surface area contributed by atoms with E-state index in [0.717, 1.165) is 58.7 Å². The monoisotopic (exact) mass is 459 g/mol. The van der Waals surface area contributed by atoms with Crippen LogP contribution >= 0.6 is 15.9 Å².